The summed E-state index contributed by atoms with van der Waals surface area (Å²) < 4.78 is 10.9. The highest BCUT2D eigenvalue weighted by Crippen LogP contribution is 2.28. The molecule has 0 aromatic heterocycles. The fourth-order valence-electron chi connectivity index (χ4n) is 3.27. The zero-order valence-corrected chi connectivity index (χ0v) is 17.8. The van der Waals surface area contributed by atoms with Gasteiger partial charge in [-0.25, -0.2) is 0 Å². The van der Waals surface area contributed by atoms with Crippen molar-refractivity contribution in [1.29, 1.82) is 5.26 Å². The molecule has 1 aromatic carbocycles. The molecule has 0 saturated carbocycles. The highest BCUT2D eigenvalue weighted by molar-refractivity contribution is 5.81. The Kier molecular flexibility index (Phi) is 7.89. The highest BCUT2D eigenvalue weighted by atomic mass is 16.5. The molecule has 0 aliphatic carbocycles. The van der Waals surface area contributed by atoms with E-state index in [1.807, 2.05) is 25.7 Å². The SMILES string of the molecule is COc1cc(C#N)ccc1OCCCC(=O)NC1CCN(C(=O)C(C)(C)C)CC1. The van der Waals surface area contributed by atoms with Crippen LogP contribution in [0.2, 0.25) is 0 Å². The van der Waals surface area contributed by atoms with Gasteiger partial charge in [-0.2, -0.15) is 5.26 Å². The summed E-state index contributed by atoms with van der Waals surface area (Å²) in [6.45, 7) is 7.54. The number of nitriles is 1. The average molecular weight is 402 g/mol. The van der Waals surface area contributed by atoms with E-state index in [-0.39, 0.29) is 23.3 Å². The lowest BCUT2D eigenvalue weighted by molar-refractivity contribution is -0.140. The molecule has 29 heavy (non-hydrogen) atoms. The molecule has 0 bridgehead atoms. The van der Waals surface area contributed by atoms with Gasteiger partial charge in [0.1, 0.15) is 0 Å². The van der Waals surface area contributed by atoms with Crippen molar-refractivity contribution in [1.82, 2.24) is 10.2 Å². The van der Waals surface area contributed by atoms with Gasteiger partial charge in [-0.05, 0) is 31.4 Å². The smallest absolute Gasteiger partial charge is 0.227 e. The number of methoxy groups -OCH3 is 1. The summed E-state index contributed by atoms with van der Waals surface area (Å²) in [6.07, 6.45) is 2.52. The van der Waals surface area contributed by atoms with Gasteiger partial charge in [0.05, 0.1) is 25.3 Å². The van der Waals surface area contributed by atoms with Crippen LogP contribution in [0.4, 0.5) is 0 Å². The Labute approximate surface area is 173 Å². The van der Waals surface area contributed by atoms with E-state index in [2.05, 4.69) is 11.4 Å². The van der Waals surface area contributed by atoms with Crippen LogP contribution in [0.3, 0.4) is 0 Å². The van der Waals surface area contributed by atoms with Crippen molar-refractivity contribution in [2.24, 2.45) is 5.41 Å². The van der Waals surface area contributed by atoms with Crippen LogP contribution in [0.1, 0.15) is 52.0 Å². The maximum Gasteiger partial charge on any atom is 0.227 e. The van der Waals surface area contributed by atoms with Gasteiger partial charge in [0.25, 0.3) is 0 Å². The first-order chi connectivity index (χ1) is 13.7. The summed E-state index contributed by atoms with van der Waals surface area (Å²) in [4.78, 5) is 26.4. The number of carbonyl (C=O) groups is 2. The number of piperidine rings is 1. The molecule has 0 unspecified atom stereocenters. The number of amides is 2. The third-order valence-electron chi connectivity index (χ3n) is 4.89. The molecule has 2 rings (SSSR count). The Morgan fingerprint density at radius 2 is 1.93 bits per heavy atom. The molecule has 1 aromatic rings. The summed E-state index contributed by atoms with van der Waals surface area (Å²) in [5.41, 5.74) is 0.136. The number of likely N-dealkylation sites (tertiary alicyclic amines) is 1. The normalized spacial score (nSPS) is 14.8. The first-order valence-electron chi connectivity index (χ1n) is 10.0. The minimum absolute atomic E-state index is 0.000918. The summed E-state index contributed by atoms with van der Waals surface area (Å²) in [5, 5.41) is 12.0. The third-order valence-corrected chi connectivity index (χ3v) is 4.89. The third kappa shape index (κ3) is 6.67. The lowest BCUT2D eigenvalue weighted by Crippen LogP contribution is -2.49. The van der Waals surface area contributed by atoms with Crippen molar-refractivity contribution in [3.8, 4) is 17.6 Å². The van der Waals surface area contributed by atoms with Crippen LogP contribution in [0.5, 0.6) is 11.5 Å². The molecule has 1 aliphatic rings. The van der Waals surface area contributed by atoms with E-state index in [4.69, 9.17) is 14.7 Å². The van der Waals surface area contributed by atoms with Crippen LogP contribution >= 0.6 is 0 Å². The molecule has 0 atom stereocenters. The number of carbonyl (C=O) groups excluding carboxylic acids is 2. The maximum absolute atomic E-state index is 12.3. The molecule has 0 spiro atoms. The topological polar surface area (TPSA) is 91.7 Å². The first-order valence-corrected chi connectivity index (χ1v) is 10.0. The van der Waals surface area contributed by atoms with Crippen molar-refractivity contribution in [2.75, 3.05) is 26.8 Å². The molecule has 7 nitrogen and oxygen atoms in total. The molecule has 1 fully saturated rings. The van der Waals surface area contributed by atoms with E-state index in [1.165, 1.54) is 7.11 Å². The summed E-state index contributed by atoms with van der Waals surface area (Å²) in [5.74, 6) is 1.23. The minimum atomic E-state index is -0.367. The molecule has 0 radical (unpaired) electrons. The van der Waals surface area contributed by atoms with E-state index in [9.17, 15) is 9.59 Å². The van der Waals surface area contributed by atoms with Gasteiger partial charge < -0.3 is 19.7 Å². The number of benzene rings is 1. The molecule has 1 heterocycles. The number of hydrogen-bond acceptors (Lipinski definition) is 5. The summed E-state index contributed by atoms with van der Waals surface area (Å²) in [6, 6.07) is 7.16. The predicted octanol–water partition coefficient (Wildman–Crippen LogP) is 2.88. The number of ether oxygens (including phenoxy) is 2. The lowest BCUT2D eigenvalue weighted by atomic mass is 9.93. The van der Waals surface area contributed by atoms with Crippen molar-refractivity contribution >= 4 is 11.8 Å². The molecule has 158 valence electrons. The number of nitrogens with zero attached hydrogens (tertiary/aromatic N) is 2. The fraction of sp³-hybridized carbons (Fsp3) is 0.591. The quantitative estimate of drug-likeness (QED) is 0.710. The van der Waals surface area contributed by atoms with E-state index in [1.54, 1.807) is 18.2 Å². The number of rotatable bonds is 7. The van der Waals surface area contributed by atoms with Gasteiger partial charge in [0.15, 0.2) is 11.5 Å². The molecule has 7 heteroatoms. The monoisotopic (exact) mass is 401 g/mol. The number of hydrogen-bond donors (Lipinski definition) is 1. The largest absolute Gasteiger partial charge is 0.493 e. The van der Waals surface area contributed by atoms with Crippen molar-refractivity contribution < 1.29 is 19.1 Å². The van der Waals surface area contributed by atoms with Crippen LogP contribution in [0.25, 0.3) is 0 Å². The Morgan fingerprint density at radius 3 is 2.52 bits per heavy atom. The summed E-state index contributed by atoms with van der Waals surface area (Å²) >= 11 is 0. The van der Waals surface area contributed by atoms with Gasteiger partial charge in [-0.15, -0.1) is 0 Å². The Bertz CT molecular complexity index is 756. The Balaban J connectivity index is 1.68. The maximum atomic E-state index is 12.3. The predicted molar refractivity (Wildman–Crippen MR) is 110 cm³/mol. The zero-order chi connectivity index (χ0) is 21.4. The highest BCUT2D eigenvalue weighted by Gasteiger charge is 2.30. The second-order valence-corrected chi connectivity index (χ2v) is 8.31. The summed E-state index contributed by atoms with van der Waals surface area (Å²) in [7, 11) is 1.52. The van der Waals surface area contributed by atoms with E-state index in [0.717, 1.165) is 12.8 Å². The lowest BCUT2D eigenvalue weighted by Gasteiger charge is -2.36. The zero-order valence-electron chi connectivity index (χ0n) is 17.8. The van der Waals surface area contributed by atoms with E-state index < -0.39 is 0 Å². The number of nitrogens with one attached hydrogen (secondary N) is 1. The second-order valence-electron chi connectivity index (χ2n) is 8.31. The molecular formula is C22H31N3O4. The standard InChI is InChI=1S/C22H31N3O4/c1-22(2,3)21(27)25-11-9-17(10-12-25)24-20(26)6-5-13-29-18-8-7-16(15-23)14-19(18)28-4/h7-8,14,17H,5-6,9-13H2,1-4H3,(H,24,26). The van der Waals surface area contributed by atoms with E-state index >= 15 is 0 Å². The fourth-order valence-corrected chi connectivity index (χ4v) is 3.27. The van der Waals surface area contributed by atoms with E-state index in [0.29, 0.717) is 49.6 Å². The van der Waals surface area contributed by atoms with Gasteiger partial charge in [0.2, 0.25) is 11.8 Å². The van der Waals surface area contributed by atoms with Crippen molar-refractivity contribution in [3.05, 3.63) is 23.8 Å². The van der Waals surface area contributed by atoms with Gasteiger partial charge >= 0.3 is 0 Å². The van der Waals surface area contributed by atoms with Crippen LogP contribution in [0, 0.1) is 16.7 Å². The molecule has 1 saturated heterocycles. The van der Waals surface area contributed by atoms with Crippen molar-refractivity contribution in [3.63, 3.8) is 0 Å². The van der Waals surface area contributed by atoms with Gasteiger partial charge in [-0.3, -0.25) is 9.59 Å². The van der Waals surface area contributed by atoms with Crippen LogP contribution < -0.4 is 14.8 Å². The Hall–Kier alpha value is -2.75. The molecule has 1 aliphatic heterocycles. The first kappa shape index (κ1) is 22.5. The molecular weight excluding hydrogens is 370 g/mol. The van der Waals surface area contributed by atoms with Crippen LogP contribution in [-0.2, 0) is 9.59 Å². The Morgan fingerprint density at radius 1 is 1.24 bits per heavy atom. The van der Waals surface area contributed by atoms with Crippen LogP contribution in [-0.4, -0.2) is 49.6 Å². The molecule has 2 amide bonds. The average Bonchev–Trinajstić information content (AvgIpc) is 2.70. The van der Waals surface area contributed by atoms with Gasteiger partial charge in [0, 0.05) is 37.0 Å². The van der Waals surface area contributed by atoms with Crippen molar-refractivity contribution in [2.45, 2.75) is 52.5 Å². The minimum Gasteiger partial charge on any atom is -0.493 e. The second kappa shape index (κ2) is 10.1. The van der Waals surface area contributed by atoms with Gasteiger partial charge in [-0.1, -0.05) is 20.8 Å². The van der Waals surface area contributed by atoms with Crippen LogP contribution in [0.15, 0.2) is 18.2 Å². The molecule has 1 N–H and O–H groups in total.